The van der Waals surface area contributed by atoms with E-state index < -0.39 is 0 Å². The van der Waals surface area contributed by atoms with Gasteiger partial charge in [-0.25, -0.2) is 9.18 Å². The zero-order chi connectivity index (χ0) is 19.1. The first-order chi connectivity index (χ1) is 13.1. The molecule has 0 unspecified atom stereocenters. The molecule has 2 fully saturated rings. The fraction of sp³-hybridized carbons (Fsp3) is 0.667. The molecule has 2 saturated heterocycles. The molecule has 1 aromatic carbocycles. The lowest BCUT2D eigenvalue weighted by atomic mass is 10.0. The molecule has 27 heavy (non-hydrogen) atoms. The van der Waals surface area contributed by atoms with E-state index in [1.807, 2.05) is 12.1 Å². The summed E-state index contributed by atoms with van der Waals surface area (Å²) in [4.78, 5) is 16.8. The predicted octanol–water partition coefficient (Wildman–Crippen LogP) is 3.07. The number of halogens is 1. The van der Waals surface area contributed by atoms with Crippen molar-refractivity contribution >= 4 is 11.7 Å². The van der Waals surface area contributed by atoms with Crippen molar-refractivity contribution in [3.05, 3.63) is 30.1 Å². The van der Waals surface area contributed by atoms with E-state index in [-0.39, 0.29) is 11.8 Å². The number of likely N-dealkylation sites (tertiary alicyclic amines) is 1. The number of carbonyl (C=O) groups is 1. The molecular weight excluding hydrogens is 343 g/mol. The number of benzene rings is 1. The van der Waals surface area contributed by atoms with Gasteiger partial charge in [-0.05, 0) is 74.9 Å². The first kappa shape index (κ1) is 19.9. The van der Waals surface area contributed by atoms with Gasteiger partial charge in [-0.2, -0.15) is 0 Å². The second-order valence-electron chi connectivity index (χ2n) is 8.12. The van der Waals surface area contributed by atoms with Gasteiger partial charge in [0.1, 0.15) is 5.82 Å². The monoisotopic (exact) mass is 376 g/mol. The smallest absolute Gasteiger partial charge is 0.314 e. The fourth-order valence-corrected chi connectivity index (χ4v) is 4.18. The molecule has 2 N–H and O–H groups in total. The largest absolute Gasteiger partial charge is 0.371 e. The summed E-state index contributed by atoms with van der Waals surface area (Å²) >= 11 is 0. The molecule has 2 heterocycles. The average Bonchev–Trinajstić information content (AvgIpc) is 3.13. The zero-order valence-electron chi connectivity index (χ0n) is 16.4. The fourth-order valence-electron chi connectivity index (χ4n) is 4.18. The molecule has 2 aliphatic heterocycles. The molecule has 2 atom stereocenters. The van der Waals surface area contributed by atoms with Crippen molar-refractivity contribution in [2.45, 2.75) is 32.6 Å². The minimum absolute atomic E-state index is 0.0674. The second kappa shape index (κ2) is 9.93. The van der Waals surface area contributed by atoms with Crippen LogP contribution in [0, 0.1) is 17.7 Å². The van der Waals surface area contributed by atoms with E-state index in [0.29, 0.717) is 12.5 Å². The molecule has 1 aromatic rings. The van der Waals surface area contributed by atoms with Gasteiger partial charge in [0.15, 0.2) is 0 Å². The Hall–Kier alpha value is -1.82. The quantitative estimate of drug-likeness (QED) is 0.719. The van der Waals surface area contributed by atoms with Crippen molar-refractivity contribution in [3.63, 3.8) is 0 Å². The summed E-state index contributed by atoms with van der Waals surface area (Å²) in [6, 6.07) is 6.57. The van der Waals surface area contributed by atoms with Crippen LogP contribution in [0.2, 0.25) is 0 Å². The minimum atomic E-state index is -0.206. The third-order valence-electron chi connectivity index (χ3n) is 5.71. The highest BCUT2D eigenvalue weighted by molar-refractivity contribution is 5.73. The van der Waals surface area contributed by atoms with Gasteiger partial charge in [0.2, 0.25) is 0 Å². The first-order valence-electron chi connectivity index (χ1n) is 10.3. The van der Waals surface area contributed by atoms with Crippen LogP contribution >= 0.6 is 0 Å². The third-order valence-corrected chi connectivity index (χ3v) is 5.71. The van der Waals surface area contributed by atoms with Crippen molar-refractivity contribution in [3.8, 4) is 0 Å². The summed E-state index contributed by atoms with van der Waals surface area (Å²) in [5, 5.41) is 5.98. The van der Waals surface area contributed by atoms with Crippen LogP contribution in [-0.2, 0) is 0 Å². The van der Waals surface area contributed by atoms with Crippen molar-refractivity contribution in [1.82, 2.24) is 15.5 Å². The van der Waals surface area contributed by atoms with Gasteiger partial charge in [-0.15, -0.1) is 0 Å². The van der Waals surface area contributed by atoms with Crippen LogP contribution in [0.15, 0.2) is 24.3 Å². The van der Waals surface area contributed by atoms with E-state index in [1.54, 1.807) is 0 Å². The summed E-state index contributed by atoms with van der Waals surface area (Å²) in [5.41, 5.74) is 1.05. The molecule has 0 spiro atoms. The van der Waals surface area contributed by atoms with E-state index >= 15 is 0 Å². The Morgan fingerprint density at radius 3 is 2.74 bits per heavy atom. The molecule has 0 aliphatic carbocycles. The number of carbonyl (C=O) groups excluding carboxylic acids is 1. The number of amides is 2. The van der Waals surface area contributed by atoms with E-state index in [4.69, 9.17) is 0 Å². The van der Waals surface area contributed by atoms with Crippen molar-refractivity contribution < 1.29 is 9.18 Å². The molecule has 2 aliphatic rings. The molecule has 0 aromatic heterocycles. The highest BCUT2D eigenvalue weighted by Crippen LogP contribution is 2.23. The molecular formula is C21H33FN4O. The van der Waals surface area contributed by atoms with Crippen molar-refractivity contribution in [1.29, 1.82) is 0 Å². The topological polar surface area (TPSA) is 47.6 Å². The number of nitrogens with one attached hydrogen (secondary N) is 2. The number of urea groups is 1. The van der Waals surface area contributed by atoms with Crippen LogP contribution in [0.3, 0.4) is 0 Å². The maximum absolute atomic E-state index is 13.0. The standard InChI is InChI=1S/C21H33FN4O/c1-17-4-2-11-25(15-17)12-3-10-23-21(27)24-14-18-9-13-26(16-18)20-7-5-19(22)6-8-20/h5-8,17-18H,2-4,9-16H2,1H3,(H2,23,24,27)/t17-,18-/m0/s1. The molecule has 0 bridgehead atoms. The van der Waals surface area contributed by atoms with Gasteiger partial charge in [0, 0.05) is 38.4 Å². The van der Waals surface area contributed by atoms with Crippen LogP contribution < -0.4 is 15.5 Å². The Labute approximate surface area is 162 Å². The minimum Gasteiger partial charge on any atom is -0.371 e. The molecule has 150 valence electrons. The number of piperidine rings is 1. The van der Waals surface area contributed by atoms with Gasteiger partial charge in [-0.1, -0.05) is 6.92 Å². The lowest BCUT2D eigenvalue weighted by Gasteiger charge is -2.30. The third kappa shape index (κ3) is 6.38. The Morgan fingerprint density at radius 1 is 1.15 bits per heavy atom. The first-order valence-corrected chi connectivity index (χ1v) is 10.3. The van der Waals surface area contributed by atoms with E-state index in [2.05, 4.69) is 27.4 Å². The van der Waals surface area contributed by atoms with Crippen molar-refractivity contribution in [2.75, 3.05) is 50.7 Å². The molecule has 0 radical (unpaired) electrons. The summed E-state index contributed by atoms with van der Waals surface area (Å²) in [6.45, 7) is 9.04. The molecule has 2 amide bonds. The number of nitrogens with zero attached hydrogens (tertiary/aromatic N) is 2. The maximum atomic E-state index is 13.0. The van der Waals surface area contributed by atoms with Crippen LogP contribution in [0.25, 0.3) is 0 Å². The van der Waals surface area contributed by atoms with Gasteiger partial charge in [0.25, 0.3) is 0 Å². The van der Waals surface area contributed by atoms with Crippen LogP contribution in [0.1, 0.15) is 32.6 Å². The number of hydrogen-bond donors (Lipinski definition) is 2. The second-order valence-corrected chi connectivity index (χ2v) is 8.12. The van der Waals surface area contributed by atoms with Crippen LogP contribution in [0.4, 0.5) is 14.9 Å². The highest BCUT2D eigenvalue weighted by atomic mass is 19.1. The SMILES string of the molecule is C[C@H]1CCCN(CCCNC(=O)NC[C@@H]2CCN(c3ccc(F)cc3)C2)C1. The summed E-state index contributed by atoms with van der Waals surface area (Å²) in [5.74, 6) is 1.04. The Kier molecular flexibility index (Phi) is 7.33. The van der Waals surface area contributed by atoms with E-state index in [1.165, 1.54) is 38.1 Å². The van der Waals surface area contributed by atoms with Crippen molar-refractivity contribution in [2.24, 2.45) is 11.8 Å². The summed E-state index contributed by atoms with van der Waals surface area (Å²) in [7, 11) is 0. The van der Waals surface area contributed by atoms with Gasteiger partial charge in [-0.3, -0.25) is 0 Å². The van der Waals surface area contributed by atoms with Crippen LogP contribution in [0.5, 0.6) is 0 Å². The Balaban J connectivity index is 1.26. The number of hydrogen-bond acceptors (Lipinski definition) is 3. The zero-order valence-corrected chi connectivity index (χ0v) is 16.4. The lowest BCUT2D eigenvalue weighted by molar-refractivity contribution is 0.181. The summed E-state index contributed by atoms with van der Waals surface area (Å²) in [6.07, 6.45) is 4.69. The average molecular weight is 377 g/mol. The number of anilines is 1. The molecule has 5 nitrogen and oxygen atoms in total. The molecule has 3 rings (SSSR count). The summed E-state index contributed by atoms with van der Waals surface area (Å²) < 4.78 is 13.0. The lowest BCUT2D eigenvalue weighted by Crippen LogP contribution is -2.40. The van der Waals surface area contributed by atoms with E-state index in [0.717, 1.165) is 50.6 Å². The predicted molar refractivity (Wildman–Crippen MR) is 108 cm³/mol. The number of rotatable bonds is 7. The van der Waals surface area contributed by atoms with Gasteiger partial charge >= 0.3 is 6.03 Å². The van der Waals surface area contributed by atoms with E-state index in [9.17, 15) is 9.18 Å². The molecule has 6 heteroatoms. The Bertz CT molecular complexity index is 594. The highest BCUT2D eigenvalue weighted by Gasteiger charge is 2.23. The Morgan fingerprint density at radius 2 is 1.96 bits per heavy atom. The maximum Gasteiger partial charge on any atom is 0.314 e. The van der Waals surface area contributed by atoms with Gasteiger partial charge in [0.05, 0.1) is 0 Å². The van der Waals surface area contributed by atoms with Crippen LogP contribution in [-0.4, -0.2) is 56.7 Å². The van der Waals surface area contributed by atoms with Gasteiger partial charge < -0.3 is 20.4 Å². The normalized spacial score (nSPS) is 23.4. The molecule has 0 saturated carbocycles.